The van der Waals surface area contributed by atoms with Crippen molar-refractivity contribution in [2.45, 2.75) is 31.2 Å². The van der Waals surface area contributed by atoms with Gasteiger partial charge >= 0.3 is 0 Å². The number of aromatic nitrogens is 2. The quantitative estimate of drug-likeness (QED) is 0.215. The number of amides is 1. The fourth-order valence-corrected chi connectivity index (χ4v) is 6.43. The number of pyridine rings is 1. The lowest BCUT2D eigenvalue weighted by Gasteiger charge is -2.21. The average Bonchev–Trinajstić information content (AvgIpc) is 3.36. The van der Waals surface area contributed by atoms with Crippen molar-refractivity contribution in [2.24, 2.45) is 0 Å². The van der Waals surface area contributed by atoms with E-state index in [2.05, 4.69) is 38.1 Å². The molecule has 9 heteroatoms. The van der Waals surface area contributed by atoms with Gasteiger partial charge in [-0.05, 0) is 53.9 Å². The first-order chi connectivity index (χ1) is 18.3. The highest BCUT2D eigenvalue weighted by atomic mass is 32.2. The van der Waals surface area contributed by atoms with Crippen molar-refractivity contribution in [3.05, 3.63) is 109 Å². The molecule has 0 N–H and O–H groups in total. The highest BCUT2D eigenvalue weighted by Gasteiger charge is 2.26. The third-order valence-corrected chi connectivity index (χ3v) is 8.88. The first-order valence-corrected chi connectivity index (χ1v) is 14.4. The van der Waals surface area contributed by atoms with E-state index < -0.39 is 10.0 Å². The van der Waals surface area contributed by atoms with Gasteiger partial charge in [-0.3, -0.25) is 14.7 Å². The Kier molecular flexibility index (Phi) is 8.51. The summed E-state index contributed by atoms with van der Waals surface area (Å²) < 4.78 is 28.5. The maximum atomic E-state index is 13.8. The largest absolute Gasteiger partial charge is 0.278 e. The smallest absolute Gasteiger partial charge is 0.260 e. The molecule has 196 valence electrons. The highest BCUT2D eigenvalue weighted by molar-refractivity contribution is 7.89. The third-order valence-electron chi connectivity index (χ3n) is 5.99. The number of hydrogen-bond acceptors (Lipinski definition) is 6. The molecule has 4 rings (SSSR count). The molecule has 0 aliphatic carbocycles. The summed E-state index contributed by atoms with van der Waals surface area (Å²) in [6.07, 6.45) is 4.74. The van der Waals surface area contributed by atoms with Crippen LogP contribution in [0.3, 0.4) is 0 Å². The van der Waals surface area contributed by atoms with Crippen LogP contribution in [0.4, 0.5) is 5.13 Å². The lowest BCUT2D eigenvalue weighted by Crippen LogP contribution is -2.32. The molecule has 0 aliphatic rings. The number of carbonyl (C=O) groups is 1. The number of fused-ring (bicyclic) bond motifs is 1. The lowest BCUT2D eigenvalue weighted by molar-refractivity contribution is 0.0984. The lowest BCUT2D eigenvalue weighted by atomic mass is 10.0. The van der Waals surface area contributed by atoms with Crippen molar-refractivity contribution in [2.75, 3.05) is 18.0 Å². The van der Waals surface area contributed by atoms with Crippen LogP contribution in [0, 0.1) is 0 Å². The summed E-state index contributed by atoms with van der Waals surface area (Å²) >= 11 is 1.45. The Hall–Kier alpha value is -3.66. The first-order valence-electron chi connectivity index (χ1n) is 12.2. The van der Waals surface area contributed by atoms with E-state index in [0.29, 0.717) is 16.4 Å². The number of thiazole rings is 1. The summed E-state index contributed by atoms with van der Waals surface area (Å²) in [5, 5.41) is 0.559. The molecule has 4 aromatic rings. The number of nitrogens with zero attached hydrogens (tertiary/aromatic N) is 4. The Morgan fingerprint density at radius 2 is 1.71 bits per heavy atom. The van der Waals surface area contributed by atoms with E-state index in [1.54, 1.807) is 11.1 Å². The molecule has 1 amide bonds. The zero-order chi connectivity index (χ0) is 27.3. The fraction of sp³-hybridized carbons (Fsp3) is 0.207. The van der Waals surface area contributed by atoms with Gasteiger partial charge in [-0.2, -0.15) is 4.31 Å². The summed E-state index contributed by atoms with van der Waals surface area (Å²) in [5.41, 5.74) is 3.07. The first kappa shape index (κ1) is 27.4. The predicted molar refractivity (Wildman–Crippen MR) is 154 cm³/mol. The minimum atomic E-state index is -3.77. The molecule has 0 saturated heterocycles. The zero-order valence-corrected chi connectivity index (χ0v) is 23.1. The van der Waals surface area contributed by atoms with Crippen LogP contribution in [0.25, 0.3) is 10.2 Å². The van der Waals surface area contributed by atoms with Crippen molar-refractivity contribution in [1.82, 2.24) is 14.3 Å². The minimum Gasteiger partial charge on any atom is -0.278 e. The number of sulfonamides is 1. The molecule has 0 fully saturated rings. The van der Waals surface area contributed by atoms with Crippen LogP contribution in [0.5, 0.6) is 0 Å². The van der Waals surface area contributed by atoms with Crippen molar-refractivity contribution in [3.8, 4) is 0 Å². The topological polar surface area (TPSA) is 83.5 Å². The van der Waals surface area contributed by atoms with E-state index in [-0.39, 0.29) is 36.4 Å². The molecule has 0 spiro atoms. The van der Waals surface area contributed by atoms with Gasteiger partial charge in [-0.25, -0.2) is 13.4 Å². The van der Waals surface area contributed by atoms with Crippen LogP contribution < -0.4 is 4.90 Å². The molecule has 0 aliphatic heterocycles. The van der Waals surface area contributed by atoms with E-state index in [0.717, 1.165) is 15.8 Å². The fourth-order valence-electron chi connectivity index (χ4n) is 4.05. The number of hydrogen-bond donors (Lipinski definition) is 0. The van der Waals surface area contributed by atoms with Gasteiger partial charge in [0.1, 0.15) is 0 Å². The van der Waals surface area contributed by atoms with E-state index in [1.807, 2.05) is 30.3 Å². The molecular weight excluding hydrogens is 516 g/mol. The Labute approximate surface area is 227 Å². The van der Waals surface area contributed by atoms with Gasteiger partial charge in [0, 0.05) is 24.8 Å². The molecule has 0 radical (unpaired) electrons. The van der Waals surface area contributed by atoms with Crippen LogP contribution in [-0.4, -0.2) is 41.7 Å². The highest BCUT2D eigenvalue weighted by Crippen LogP contribution is 2.34. The summed E-state index contributed by atoms with van der Waals surface area (Å²) in [6, 6.07) is 17.6. The Balaban J connectivity index is 1.72. The molecule has 0 bridgehead atoms. The van der Waals surface area contributed by atoms with E-state index in [4.69, 9.17) is 4.98 Å². The zero-order valence-electron chi connectivity index (χ0n) is 21.4. The summed E-state index contributed by atoms with van der Waals surface area (Å²) in [4.78, 5) is 24.8. The second-order valence-electron chi connectivity index (χ2n) is 8.98. The molecular formula is C29H30N4O3S2. The van der Waals surface area contributed by atoms with Crippen molar-refractivity contribution in [1.29, 1.82) is 0 Å². The molecule has 2 aromatic carbocycles. The molecule has 0 atom stereocenters. The van der Waals surface area contributed by atoms with Crippen LogP contribution in [0.1, 0.15) is 41.4 Å². The predicted octanol–water partition coefficient (Wildman–Crippen LogP) is 6.02. The molecule has 2 aromatic heterocycles. The van der Waals surface area contributed by atoms with Crippen molar-refractivity contribution >= 4 is 42.6 Å². The second-order valence-corrected chi connectivity index (χ2v) is 11.9. The minimum absolute atomic E-state index is 0.0931. The second kappa shape index (κ2) is 11.8. The molecule has 2 heterocycles. The van der Waals surface area contributed by atoms with Gasteiger partial charge in [0.25, 0.3) is 5.91 Å². The molecule has 0 saturated carbocycles. The van der Waals surface area contributed by atoms with Crippen molar-refractivity contribution < 1.29 is 13.2 Å². The Bertz CT molecular complexity index is 1540. The standard InChI is InChI=1S/C29H30N4O3S2/c1-5-18-32(19-6-2)38(35,36)24-15-13-22(14-16-24)28(34)33(20-23-10-7-8-17-30-23)29-31-27-25(21(3)4)11-9-12-26(27)37-29/h5-17,21H,1-2,18-20H2,3-4H3. The number of para-hydroxylation sites is 1. The number of anilines is 1. The van der Waals surface area contributed by atoms with Gasteiger partial charge < -0.3 is 0 Å². The van der Waals surface area contributed by atoms with E-state index in [1.165, 1.54) is 52.1 Å². The maximum absolute atomic E-state index is 13.8. The third kappa shape index (κ3) is 5.75. The van der Waals surface area contributed by atoms with Gasteiger partial charge in [0.15, 0.2) is 5.13 Å². The molecule has 7 nitrogen and oxygen atoms in total. The van der Waals surface area contributed by atoms with Gasteiger partial charge in [-0.15, -0.1) is 13.2 Å². The van der Waals surface area contributed by atoms with E-state index >= 15 is 0 Å². The number of rotatable bonds is 11. The summed E-state index contributed by atoms with van der Waals surface area (Å²) in [7, 11) is -3.77. The van der Waals surface area contributed by atoms with Crippen LogP contribution in [0.15, 0.2) is 97.1 Å². The van der Waals surface area contributed by atoms with Gasteiger partial charge in [0.05, 0.1) is 27.4 Å². The van der Waals surface area contributed by atoms with Crippen molar-refractivity contribution in [3.63, 3.8) is 0 Å². The normalized spacial score (nSPS) is 11.7. The van der Waals surface area contributed by atoms with Crippen LogP contribution in [0.2, 0.25) is 0 Å². The number of benzene rings is 2. The van der Waals surface area contributed by atoms with Gasteiger partial charge in [0.2, 0.25) is 10.0 Å². The van der Waals surface area contributed by atoms with Crippen LogP contribution in [-0.2, 0) is 16.6 Å². The number of carbonyl (C=O) groups excluding carboxylic acids is 1. The molecule has 38 heavy (non-hydrogen) atoms. The van der Waals surface area contributed by atoms with Gasteiger partial charge in [-0.1, -0.05) is 55.5 Å². The van der Waals surface area contributed by atoms with E-state index in [9.17, 15) is 13.2 Å². The van der Waals surface area contributed by atoms with Crippen LogP contribution >= 0.6 is 11.3 Å². The summed E-state index contributed by atoms with van der Waals surface area (Å²) in [6.45, 7) is 12.0. The monoisotopic (exact) mass is 546 g/mol. The Morgan fingerprint density at radius 3 is 2.32 bits per heavy atom. The Morgan fingerprint density at radius 1 is 1.00 bits per heavy atom. The maximum Gasteiger partial charge on any atom is 0.260 e. The summed E-state index contributed by atoms with van der Waals surface area (Å²) in [5.74, 6) is -0.0105. The SMILES string of the molecule is C=CCN(CC=C)S(=O)(=O)c1ccc(C(=O)N(Cc2ccccn2)c2nc3c(C(C)C)cccc3s2)cc1. The average molecular weight is 547 g/mol. The molecule has 0 unspecified atom stereocenters.